The van der Waals surface area contributed by atoms with E-state index in [0.29, 0.717) is 18.8 Å². The Bertz CT molecular complexity index is 1220. The number of nitrogens with one attached hydrogen (secondary N) is 2. The molecule has 1 saturated carbocycles. The van der Waals surface area contributed by atoms with Gasteiger partial charge in [0, 0.05) is 31.4 Å². The van der Waals surface area contributed by atoms with Crippen molar-refractivity contribution in [2.75, 3.05) is 11.9 Å². The average molecular weight is 632 g/mol. The molecule has 3 rings (SSSR count). The summed E-state index contributed by atoms with van der Waals surface area (Å²) >= 11 is 5.75. The molecule has 3 N–H and O–H groups in total. The number of halogens is 6. The van der Waals surface area contributed by atoms with Crippen LogP contribution in [0.15, 0.2) is 12.3 Å². The number of nitrogens with zero attached hydrogens (tertiary/aromatic N) is 3. The van der Waals surface area contributed by atoms with E-state index in [0.717, 1.165) is 25.1 Å². The van der Waals surface area contributed by atoms with Crippen LogP contribution < -0.4 is 15.4 Å². The maximum Gasteiger partial charge on any atom is 0.391 e. The molecule has 1 atom stereocenters. The molecule has 0 aromatic carbocycles. The van der Waals surface area contributed by atoms with Crippen molar-refractivity contribution >= 4 is 34.9 Å². The number of alkyl halides is 5. The van der Waals surface area contributed by atoms with Crippen molar-refractivity contribution in [2.24, 2.45) is 5.92 Å². The number of aryl methyl sites for hydroxylation is 1. The van der Waals surface area contributed by atoms with E-state index in [2.05, 4.69) is 32.4 Å². The average Bonchev–Trinajstić information content (AvgIpc) is 3.20. The second kappa shape index (κ2) is 14.9. The third-order valence-corrected chi connectivity index (χ3v) is 6.82. The van der Waals surface area contributed by atoms with Crippen molar-refractivity contribution in [1.29, 1.82) is 0 Å². The molecule has 1 aliphatic carbocycles. The molecule has 2 heterocycles. The lowest BCUT2D eigenvalue weighted by Gasteiger charge is -2.34. The standard InChI is InChI=1S/C24H31ClF5N5O3.O2S/c1-4-35-20(18(25)19(34-35)21(36)32-12-23(37)7-5-13(2)6-8-23)15-11-31-17(9-16(15)38-22(26)27)33-14(3)10-24(28,29)30;1-3-2/h9,11,13-14,22,37H,4-8,10,12H2,1-3H3,(H,31,33)(H,32,36);. The molecular weight excluding hydrogens is 601 g/mol. The predicted molar refractivity (Wildman–Crippen MR) is 140 cm³/mol. The number of amides is 1. The molecule has 17 heteroatoms. The molecule has 0 bridgehead atoms. The van der Waals surface area contributed by atoms with Gasteiger partial charge in [0.25, 0.3) is 5.91 Å². The summed E-state index contributed by atoms with van der Waals surface area (Å²) in [5.41, 5.74) is -1.18. The van der Waals surface area contributed by atoms with Crippen LogP contribution >= 0.6 is 11.6 Å². The van der Waals surface area contributed by atoms with Gasteiger partial charge in [-0.2, -0.15) is 35.5 Å². The van der Waals surface area contributed by atoms with Crippen LogP contribution in [0.1, 0.15) is 63.4 Å². The number of aliphatic hydroxyl groups is 1. The van der Waals surface area contributed by atoms with Gasteiger partial charge < -0.3 is 20.5 Å². The lowest BCUT2D eigenvalue weighted by atomic mass is 9.79. The molecule has 1 fully saturated rings. The van der Waals surface area contributed by atoms with Gasteiger partial charge >= 0.3 is 24.4 Å². The van der Waals surface area contributed by atoms with Gasteiger partial charge in [0.1, 0.15) is 11.6 Å². The van der Waals surface area contributed by atoms with E-state index in [1.165, 1.54) is 11.6 Å². The molecule has 0 aliphatic heterocycles. The smallest absolute Gasteiger partial charge is 0.391 e. The summed E-state index contributed by atoms with van der Waals surface area (Å²) in [6.45, 7) is 2.01. The SMILES string of the molecule is CCn1nc(C(=O)NCC2(O)CCC(C)CC2)c(Cl)c1-c1cnc(NC(C)CC(F)(F)F)cc1OC(F)F.O=S=O. The Morgan fingerprint density at radius 1 is 1.32 bits per heavy atom. The Labute approximate surface area is 241 Å². The minimum absolute atomic E-state index is 0.000968. The summed E-state index contributed by atoms with van der Waals surface area (Å²) in [4.78, 5) is 17.0. The van der Waals surface area contributed by atoms with Crippen LogP contribution in [0.5, 0.6) is 5.75 Å². The van der Waals surface area contributed by atoms with Crippen LogP contribution in [0.2, 0.25) is 5.02 Å². The van der Waals surface area contributed by atoms with Crippen molar-refractivity contribution < 1.29 is 45.0 Å². The Hall–Kier alpha value is -2.85. The number of ether oxygens (including phenoxy) is 1. The minimum Gasteiger partial charge on any atom is -0.434 e. The van der Waals surface area contributed by atoms with Gasteiger partial charge in [-0.05, 0) is 45.4 Å². The number of carbonyl (C=O) groups excluding carboxylic acids is 1. The molecule has 0 saturated heterocycles. The molecule has 41 heavy (non-hydrogen) atoms. The maximum atomic E-state index is 13.2. The summed E-state index contributed by atoms with van der Waals surface area (Å²) < 4.78 is 87.0. The number of hydrogen-bond acceptors (Lipinski definition) is 8. The van der Waals surface area contributed by atoms with E-state index in [1.54, 1.807) is 6.92 Å². The summed E-state index contributed by atoms with van der Waals surface area (Å²) in [7, 11) is 0. The lowest BCUT2D eigenvalue weighted by molar-refractivity contribution is -0.136. The zero-order chi connectivity index (χ0) is 31.0. The second-order valence-corrected chi connectivity index (χ2v) is 10.3. The fourth-order valence-corrected chi connectivity index (χ4v) is 4.74. The summed E-state index contributed by atoms with van der Waals surface area (Å²) in [5, 5.41) is 20.0. The first-order valence-electron chi connectivity index (χ1n) is 12.6. The Morgan fingerprint density at radius 3 is 2.46 bits per heavy atom. The number of carbonyl (C=O) groups is 1. The summed E-state index contributed by atoms with van der Waals surface area (Å²) in [6.07, 6.45) is -1.73. The van der Waals surface area contributed by atoms with Crippen molar-refractivity contribution in [2.45, 2.75) is 83.9 Å². The zero-order valence-electron chi connectivity index (χ0n) is 22.4. The van der Waals surface area contributed by atoms with E-state index in [4.69, 9.17) is 20.0 Å². The third-order valence-electron chi connectivity index (χ3n) is 6.46. The van der Waals surface area contributed by atoms with Crippen LogP contribution in [0.3, 0.4) is 0 Å². The fourth-order valence-electron chi connectivity index (χ4n) is 4.41. The first-order valence-corrected chi connectivity index (χ1v) is 13.6. The van der Waals surface area contributed by atoms with E-state index < -0.39 is 54.1 Å². The molecule has 1 aliphatic rings. The maximum absolute atomic E-state index is 13.2. The third kappa shape index (κ3) is 10.2. The van der Waals surface area contributed by atoms with E-state index in [1.807, 2.05) is 0 Å². The van der Waals surface area contributed by atoms with Gasteiger partial charge in [0.15, 0.2) is 5.69 Å². The molecule has 1 unspecified atom stereocenters. The minimum atomic E-state index is -4.43. The normalized spacial score (nSPS) is 19.6. The van der Waals surface area contributed by atoms with E-state index in [-0.39, 0.29) is 40.9 Å². The highest BCUT2D eigenvalue weighted by Gasteiger charge is 2.34. The summed E-state index contributed by atoms with van der Waals surface area (Å²) in [6, 6.07) is -0.0492. The molecule has 2 aromatic rings. The highest BCUT2D eigenvalue weighted by molar-refractivity contribution is 7.51. The van der Waals surface area contributed by atoms with Crippen molar-refractivity contribution in [3.8, 4) is 17.0 Å². The molecular formula is C24H31ClF5N5O5S. The van der Waals surface area contributed by atoms with E-state index in [9.17, 15) is 31.9 Å². The van der Waals surface area contributed by atoms with Gasteiger partial charge in [0.2, 0.25) is 0 Å². The van der Waals surface area contributed by atoms with Crippen LogP contribution in [0, 0.1) is 5.92 Å². The fraction of sp³-hybridized carbons (Fsp3) is 0.625. The number of aromatic nitrogens is 3. The Balaban J connectivity index is 0.00000187. The van der Waals surface area contributed by atoms with Crippen LogP contribution in [-0.2, 0) is 18.1 Å². The molecule has 2 aromatic heterocycles. The molecule has 1 amide bonds. The monoisotopic (exact) mass is 631 g/mol. The topological polar surface area (TPSA) is 135 Å². The lowest BCUT2D eigenvalue weighted by Crippen LogP contribution is -2.45. The van der Waals surface area contributed by atoms with Gasteiger partial charge in [-0.15, -0.1) is 0 Å². The molecule has 0 radical (unpaired) electrons. The van der Waals surface area contributed by atoms with Crippen LogP contribution in [-0.4, -0.2) is 65.2 Å². The predicted octanol–water partition coefficient (Wildman–Crippen LogP) is 4.97. The number of hydrogen-bond donors (Lipinski definition) is 3. The van der Waals surface area contributed by atoms with Crippen molar-refractivity contribution in [1.82, 2.24) is 20.1 Å². The first-order chi connectivity index (χ1) is 19.1. The van der Waals surface area contributed by atoms with E-state index >= 15 is 0 Å². The summed E-state index contributed by atoms with van der Waals surface area (Å²) in [5.74, 6) is -0.686. The van der Waals surface area contributed by atoms with Crippen LogP contribution in [0.25, 0.3) is 11.3 Å². The number of pyridine rings is 1. The molecule has 0 spiro atoms. The first kappa shape index (κ1) is 34.4. The second-order valence-electron chi connectivity index (χ2n) is 9.79. The molecule has 230 valence electrons. The Morgan fingerprint density at radius 2 is 1.93 bits per heavy atom. The van der Waals surface area contributed by atoms with Gasteiger partial charge in [0.05, 0.1) is 28.3 Å². The zero-order valence-corrected chi connectivity index (χ0v) is 24.0. The van der Waals surface area contributed by atoms with Gasteiger partial charge in [-0.1, -0.05) is 18.5 Å². The largest absolute Gasteiger partial charge is 0.434 e. The van der Waals surface area contributed by atoms with Crippen LogP contribution in [0.4, 0.5) is 27.8 Å². The highest BCUT2D eigenvalue weighted by atomic mass is 35.5. The number of rotatable bonds is 10. The van der Waals surface area contributed by atoms with Crippen molar-refractivity contribution in [3.63, 3.8) is 0 Å². The van der Waals surface area contributed by atoms with Gasteiger partial charge in [-0.3, -0.25) is 9.48 Å². The number of anilines is 1. The van der Waals surface area contributed by atoms with Crippen molar-refractivity contribution in [3.05, 3.63) is 23.0 Å². The Kier molecular flexibility index (Phi) is 12.5. The quantitative estimate of drug-likeness (QED) is 0.313. The molecule has 10 nitrogen and oxygen atoms in total. The van der Waals surface area contributed by atoms with Gasteiger partial charge in [-0.25, -0.2) is 4.98 Å². The highest BCUT2D eigenvalue weighted by Crippen LogP contribution is 2.39.